The van der Waals surface area contributed by atoms with Crippen LogP contribution in [0.3, 0.4) is 0 Å². The van der Waals surface area contributed by atoms with Crippen molar-refractivity contribution < 1.29 is 9.53 Å². The van der Waals surface area contributed by atoms with Crippen molar-refractivity contribution in [2.75, 3.05) is 46.4 Å². The number of likely N-dealkylation sites (N-methyl/N-ethyl adjacent to an activating group) is 1. The van der Waals surface area contributed by atoms with Crippen molar-refractivity contribution >= 4 is 5.91 Å². The average molecular weight is 229 g/mol. The highest BCUT2D eigenvalue weighted by molar-refractivity contribution is 5.76. The second-order valence-electron chi connectivity index (χ2n) is 4.45. The lowest BCUT2D eigenvalue weighted by Gasteiger charge is -2.28. The smallest absolute Gasteiger partial charge is 0.223 e. The van der Waals surface area contributed by atoms with Gasteiger partial charge in [-0.1, -0.05) is 0 Å². The van der Waals surface area contributed by atoms with Gasteiger partial charge in [0, 0.05) is 45.7 Å². The van der Waals surface area contributed by atoms with Gasteiger partial charge in [-0.15, -0.1) is 0 Å². The molecule has 1 aliphatic heterocycles. The summed E-state index contributed by atoms with van der Waals surface area (Å²) in [5, 5.41) is 0. The lowest BCUT2D eigenvalue weighted by molar-refractivity contribution is -0.130. The molecule has 94 valence electrons. The number of amides is 1. The first-order valence-electron chi connectivity index (χ1n) is 5.89. The zero-order chi connectivity index (χ0) is 12.0. The van der Waals surface area contributed by atoms with E-state index in [1.165, 1.54) is 0 Å². The van der Waals surface area contributed by atoms with Crippen LogP contribution < -0.4 is 5.73 Å². The summed E-state index contributed by atoms with van der Waals surface area (Å²) in [5.74, 6) is 0.128. The van der Waals surface area contributed by atoms with Crippen LogP contribution in [0.15, 0.2) is 0 Å². The van der Waals surface area contributed by atoms with Gasteiger partial charge in [-0.25, -0.2) is 0 Å². The minimum absolute atomic E-state index is 0.0571. The molecule has 5 nitrogen and oxygen atoms in total. The van der Waals surface area contributed by atoms with Crippen LogP contribution in [0.1, 0.15) is 13.3 Å². The standard InChI is InChI=1S/C11H23N3O2/c1-10(12)9-11(15)13(2)3-4-14-5-7-16-8-6-14/h10H,3-9,12H2,1-2H3. The third-order valence-corrected chi connectivity index (χ3v) is 2.78. The van der Waals surface area contributed by atoms with Crippen molar-refractivity contribution in [3.8, 4) is 0 Å². The Labute approximate surface area is 97.5 Å². The van der Waals surface area contributed by atoms with E-state index >= 15 is 0 Å². The first kappa shape index (κ1) is 13.4. The molecule has 0 aliphatic carbocycles. The molecule has 1 rings (SSSR count). The predicted octanol–water partition coefficient (Wildman–Crippen LogP) is -0.486. The monoisotopic (exact) mass is 229 g/mol. The van der Waals surface area contributed by atoms with E-state index in [9.17, 15) is 4.79 Å². The number of nitrogens with two attached hydrogens (primary N) is 1. The lowest BCUT2D eigenvalue weighted by atomic mass is 10.2. The van der Waals surface area contributed by atoms with E-state index in [1.807, 2.05) is 14.0 Å². The minimum atomic E-state index is -0.0571. The molecule has 1 aliphatic rings. The quantitative estimate of drug-likeness (QED) is 0.691. The fourth-order valence-corrected chi connectivity index (χ4v) is 1.67. The molecule has 1 atom stereocenters. The molecule has 0 radical (unpaired) electrons. The van der Waals surface area contributed by atoms with E-state index in [2.05, 4.69) is 4.90 Å². The number of carbonyl (C=O) groups is 1. The molecule has 1 saturated heterocycles. The van der Waals surface area contributed by atoms with E-state index in [-0.39, 0.29) is 11.9 Å². The van der Waals surface area contributed by atoms with Crippen LogP contribution in [0.4, 0.5) is 0 Å². The summed E-state index contributed by atoms with van der Waals surface area (Å²) in [6.45, 7) is 7.09. The third-order valence-electron chi connectivity index (χ3n) is 2.78. The van der Waals surface area contributed by atoms with Crippen molar-refractivity contribution in [2.24, 2.45) is 5.73 Å². The molecule has 1 fully saturated rings. The van der Waals surface area contributed by atoms with Gasteiger partial charge >= 0.3 is 0 Å². The molecule has 2 N–H and O–H groups in total. The summed E-state index contributed by atoms with van der Waals surface area (Å²) in [5.41, 5.74) is 5.60. The Kier molecular flexibility index (Phi) is 5.73. The number of nitrogens with zero attached hydrogens (tertiary/aromatic N) is 2. The molecular formula is C11H23N3O2. The maximum atomic E-state index is 11.6. The summed E-state index contributed by atoms with van der Waals surface area (Å²) in [4.78, 5) is 15.7. The molecule has 0 bridgehead atoms. The van der Waals surface area contributed by atoms with Crippen molar-refractivity contribution in [2.45, 2.75) is 19.4 Å². The molecule has 5 heteroatoms. The van der Waals surface area contributed by atoms with E-state index in [0.717, 1.165) is 39.4 Å². The van der Waals surface area contributed by atoms with Gasteiger partial charge in [0.05, 0.1) is 13.2 Å². The Morgan fingerprint density at radius 1 is 1.50 bits per heavy atom. The summed E-state index contributed by atoms with van der Waals surface area (Å²) < 4.78 is 5.27. The molecule has 0 aromatic heterocycles. The zero-order valence-corrected chi connectivity index (χ0v) is 10.3. The molecule has 0 aromatic rings. The van der Waals surface area contributed by atoms with Gasteiger partial charge in [0.25, 0.3) is 0 Å². The maximum absolute atomic E-state index is 11.6. The maximum Gasteiger partial charge on any atom is 0.223 e. The topological polar surface area (TPSA) is 58.8 Å². The van der Waals surface area contributed by atoms with Crippen LogP contribution in [-0.2, 0) is 9.53 Å². The van der Waals surface area contributed by atoms with Crippen molar-refractivity contribution in [1.29, 1.82) is 0 Å². The van der Waals surface area contributed by atoms with Gasteiger partial charge in [0.15, 0.2) is 0 Å². The number of rotatable bonds is 5. The first-order chi connectivity index (χ1) is 7.59. The largest absolute Gasteiger partial charge is 0.379 e. The van der Waals surface area contributed by atoms with E-state index in [1.54, 1.807) is 4.90 Å². The number of ether oxygens (including phenoxy) is 1. The summed E-state index contributed by atoms with van der Waals surface area (Å²) >= 11 is 0. The Balaban J connectivity index is 2.17. The van der Waals surface area contributed by atoms with Crippen LogP contribution in [0.2, 0.25) is 0 Å². The highest BCUT2D eigenvalue weighted by Crippen LogP contribution is 1.99. The van der Waals surface area contributed by atoms with Crippen LogP contribution in [-0.4, -0.2) is 68.2 Å². The van der Waals surface area contributed by atoms with Crippen LogP contribution in [0.5, 0.6) is 0 Å². The van der Waals surface area contributed by atoms with Crippen LogP contribution in [0, 0.1) is 0 Å². The van der Waals surface area contributed by atoms with Gasteiger partial charge in [0.1, 0.15) is 0 Å². The van der Waals surface area contributed by atoms with Gasteiger partial charge in [-0.2, -0.15) is 0 Å². The summed E-state index contributed by atoms with van der Waals surface area (Å²) in [7, 11) is 1.84. The van der Waals surface area contributed by atoms with Crippen molar-refractivity contribution in [3.63, 3.8) is 0 Å². The van der Waals surface area contributed by atoms with E-state index in [0.29, 0.717) is 6.42 Å². The molecule has 0 spiro atoms. The fraction of sp³-hybridized carbons (Fsp3) is 0.909. The van der Waals surface area contributed by atoms with Crippen LogP contribution in [0.25, 0.3) is 0 Å². The molecule has 1 unspecified atom stereocenters. The van der Waals surface area contributed by atoms with Gasteiger partial charge in [0.2, 0.25) is 5.91 Å². The Hall–Kier alpha value is -0.650. The minimum Gasteiger partial charge on any atom is -0.379 e. The average Bonchev–Trinajstić information content (AvgIpc) is 2.26. The molecule has 1 heterocycles. The second kappa shape index (κ2) is 6.83. The van der Waals surface area contributed by atoms with Crippen molar-refractivity contribution in [3.05, 3.63) is 0 Å². The van der Waals surface area contributed by atoms with E-state index in [4.69, 9.17) is 10.5 Å². The summed E-state index contributed by atoms with van der Waals surface area (Å²) in [6.07, 6.45) is 0.430. The van der Waals surface area contributed by atoms with Gasteiger partial charge in [-0.3, -0.25) is 9.69 Å². The summed E-state index contributed by atoms with van der Waals surface area (Å²) in [6, 6.07) is -0.0571. The number of carbonyl (C=O) groups excluding carboxylic acids is 1. The Bertz CT molecular complexity index is 215. The highest BCUT2D eigenvalue weighted by atomic mass is 16.5. The number of morpholine rings is 1. The van der Waals surface area contributed by atoms with E-state index < -0.39 is 0 Å². The molecular weight excluding hydrogens is 206 g/mol. The molecule has 0 aromatic carbocycles. The molecule has 0 saturated carbocycles. The van der Waals surface area contributed by atoms with Gasteiger partial charge < -0.3 is 15.4 Å². The Morgan fingerprint density at radius 2 is 2.12 bits per heavy atom. The molecule has 16 heavy (non-hydrogen) atoms. The number of hydrogen-bond donors (Lipinski definition) is 1. The fourth-order valence-electron chi connectivity index (χ4n) is 1.67. The highest BCUT2D eigenvalue weighted by Gasteiger charge is 2.14. The van der Waals surface area contributed by atoms with Gasteiger partial charge in [-0.05, 0) is 6.92 Å². The normalized spacial score (nSPS) is 19.4. The first-order valence-corrected chi connectivity index (χ1v) is 5.89. The SMILES string of the molecule is CC(N)CC(=O)N(C)CCN1CCOCC1. The predicted molar refractivity (Wildman–Crippen MR) is 63.2 cm³/mol. The zero-order valence-electron chi connectivity index (χ0n) is 10.3. The lowest BCUT2D eigenvalue weighted by Crippen LogP contribution is -2.42. The second-order valence-corrected chi connectivity index (χ2v) is 4.45. The Morgan fingerprint density at radius 3 is 2.69 bits per heavy atom. The number of hydrogen-bond acceptors (Lipinski definition) is 4. The van der Waals surface area contributed by atoms with Crippen LogP contribution >= 0.6 is 0 Å². The van der Waals surface area contributed by atoms with Crippen molar-refractivity contribution in [1.82, 2.24) is 9.80 Å². The molecule has 1 amide bonds. The third kappa shape index (κ3) is 4.92.